The van der Waals surface area contributed by atoms with E-state index < -0.39 is 22.5 Å². The maximum atomic E-state index is 12.7. The molecule has 0 fully saturated rings. The third-order valence-corrected chi connectivity index (χ3v) is 5.89. The van der Waals surface area contributed by atoms with Gasteiger partial charge in [0.05, 0.1) is 27.7 Å². The van der Waals surface area contributed by atoms with Crippen LogP contribution in [-0.2, 0) is 14.8 Å². The van der Waals surface area contributed by atoms with Gasteiger partial charge in [0, 0.05) is 0 Å². The smallest absolute Gasteiger partial charge is 0.245 e. The number of ether oxygens (including phenoxy) is 1. The summed E-state index contributed by atoms with van der Waals surface area (Å²) in [7, 11) is -3.75. The second-order valence-electron chi connectivity index (χ2n) is 6.33. The Morgan fingerprint density at radius 1 is 0.967 bits per heavy atom. The molecule has 1 N–H and O–H groups in total. The van der Waals surface area contributed by atoms with Crippen molar-refractivity contribution in [2.75, 3.05) is 22.4 Å². The minimum atomic E-state index is -3.75. The average Bonchev–Trinajstić information content (AvgIpc) is 2.70. The molecule has 156 valence electrons. The summed E-state index contributed by atoms with van der Waals surface area (Å²) in [5, 5.41) is 3.17. The van der Waals surface area contributed by atoms with E-state index in [1.54, 1.807) is 36.4 Å². The summed E-state index contributed by atoms with van der Waals surface area (Å²) in [4.78, 5) is 12.7. The molecule has 0 saturated carbocycles. The third-order valence-electron chi connectivity index (χ3n) is 4.01. The second kappa shape index (κ2) is 9.38. The van der Waals surface area contributed by atoms with Gasteiger partial charge >= 0.3 is 0 Å². The lowest BCUT2D eigenvalue weighted by Gasteiger charge is -2.22. The average molecular weight is 465 g/mol. The highest BCUT2D eigenvalue weighted by Crippen LogP contribution is 2.30. The van der Waals surface area contributed by atoms with Crippen molar-refractivity contribution in [1.82, 2.24) is 0 Å². The van der Waals surface area contributed by atoms with E-state index in [2.05, 4.69) is 5.32 Å². The van der Waals surface area contributed by atoms with Crippen molar-refractivity contribution in [3.05, 3.63) is 82.8 Å². The molecule has 0 spiro atoms. The van der Waals surface area contributed by atoms with Gasteiger partial charge in [0.25, 0.3) is 0 Å². The van der Waals surface area contributed by atoms with Crippen LogP contribution in [-0.4, -0.2) is 27.1 Å². The molecule has 6 nitrogen and oxygen atoms in total. The van der Waals surface area contributed by atoms with E-state index in [-0.39, 0.29) is 15.7 Å². The minimum Gasteiger partial charge on any atom is -0.455 e. The van der Waals surface area contributed by atoms with E-state index >= 15 is 0 Å². The molecule has 0 bridgehead atoms. The summed E-state index contributed by atoms with van der Waals surface area (Å²) >= 11 is 11.9. The Hall–Kier alpha value is -2.74. The van der Waals surface area contributed by atoms with Gasteiger partial charge in [0.15, 0.2) is 5.75 Å². The van der Waals surface area contributed by atoms with Crippen molar-refractivity contribution in [3.8, 4) is 11.5 Å². The van der Waals surface area contributed by atoms with Gasteiger partial charge in [-0.3, -0.25) is 9.10 Å². The number of hydrogen-bond acceptors (Lipinski definition) is 4. The van der Waals surface area contributed by atoms with Crippen LogP contribution in [0.4, 0.5) is 11.4 Å². The van der Waals surface area contributed by atoms with Crippen LogP contribution in [0.5, 0.6) is 11.5 Å². The highest BCUT2D eigenvalue weighted by molar-refractivity contribution is 7.92. The molecule has 0 saturated heterocycles. The van der Waals surface area contributed by atoms with Crippen molar-refractivity contribution >= 4 is 50.5 Å². The van der Waals surface area contributed by atoms with E-state index in [0.717, 1.165) is 10.6 Å². The zero-order valence-corrected chi connectivity index (χ0v) is 18.2. The summed E-state index contributed by atoms with van der Waals surface area (Å²) in [6.45, 7) is -0.448. The standard InChI is InChI=1S/C21H18Cl2N2O4S/c1-30(27,28)25(15-11-12-17(22)18(23)13-15)14-21(26)24-19-9-5-6-10-20(19)29-16-7-3-2-4-8-16/h2-13H,14H2,1H3,(H,24,26). The highest BCUT2D eigenvalue weighted by Gasteiger charge is 2.22. The minimum absolute atomic E-state index is 0.185. The number of benzene rings is 3. The van der Waals surface area contributed by atoms with Crippen LogP contribution in [0.25, 0.3) is 0 Å². The number of nitrogens with one attached hydrogen (secondary N) is 1. The second-order valence-corrected chi connectivity index (χ2v) is 9.05. The maximum absolute atomic E-state index is 12.7. The Kier molecular flexibility index (Phi) is 6.87. The van der Waals surface area contributed by atoms with E-state index in [1.807, 2.05) is 18.2 Å². The number of carbonyl (C=O) groups is 1. The molecule has 0 radical (unpaired) electrons. The van der Waals surface area contributed by atoms with Crippen LogP contribution in [0.2, 0.25) is 10.0 Å². The Labute approximate surface area is 185 Å². The molecular weight excluding hydrogens is 447 g/mol. The number of para-hydroxylation sites is 3. The van der Waals surface area contributed by atoms with Gasteiger partial charge in [-0.2, -0.15) is 0 Å². The lowest BCUT2D eigenvalue weighted by Crippen LogP contribution is -2.37. The van der Waals surface area contributed by atoms with Gasteiger partial charge < -0.3 is 10.1 Å². The summed E-state index contributed by atoms with van der Waals surface area (Å²) in [6, 6.07) is 20.3. The predicted molar refractivity (Wildman–Crippen MR) is 120 cm³/mol. The van der Waals surface area contributed by atoms with Crippen LogP contribution in [0, 0.1) is 0 Å². The first-order valence-corrected chi connectivity index (χ1v) is 11.4. The number of hydrogen-bond donors (Lipinski definition) is 1. The third kappa shape index (κ3) is 5.66. The first-order valence-electron chi connectivity index (χ1n) is 8.78. The summed E-state index contributed by atoms with van der Waals surface area (Å²) in [5.41, 5.74) is 0.643. The number of amides is 1. The fourth-order valence-electron chi connectivity index (χ4n) is 2.63. The number of anilines is 2. The lowest BCUT2D eigenvalue weighted by molar-refractivity contribution is -0.114. The zero-order valence-electron chi connectivity index (χ0n) is 15.9. The maximum Gasteiger partial charge on any atom is 0.245 e. The van der Waals surface area contributed by atoms with Crippen molar-refractivity contribution in [2.45, 2.75) is 0 Å². The van der Waals surface area contributed by atoms with Crippen LogP contribution >= 0.6 is 23.2 Å². The SMILES string of the molecule is CS(=O)(=O)N(CC(=O)Nc1ccccc1Oc1ccccc1)c1ccc(Cl)c(Cl)c1. The topological polar surface area (TPSA) is 75.7 Å². The number of rotatable bonds is 7. The number of halogens is 2. The largest absolute Gasteiger partial charge is 0.455 e. The Balaban J connectivity index is 1.80. The quantitative estimate of drug-likeness (QED) is 0.521. The summed E-state index contributed by atoms with van der Waals surface area (Å²) in [6.07, 6.45) is 1.01. The predicted octanol–water partition coefficient (Wildman–Crippen LogP) is 5.19. The lowest BCUT2D eigenvalue weighted by atomic mass is 10.2. The van der Waals surface area contributed by atoms with E-state index in [4.69, 9.17) is 27.9 Å². The molecule has 1 amide bonds. The van der Waals surface area contributed by atoms with E-state index in [0.29, 0.717) is 17.2 Å². The van der Waals surface area contributed by atoms with Crippen molar-refractivity contribution in [3.63, 3.8) is 0 Å². The van der Waals surface area contributed by atoms with Gasteiger partial charge in [0.1, 0.15) is 12.3 Å². The molecule has 0 aliphatic rings. The molecule has 0 heterocycles. The van der Waals surface area contributed by atoms with Crippen LogP contribution in [0.15, 0.2) is 72.8 Å². The molecule has 30 heavy (non-hydrogen) atoms. The molecule has 0 atom stereocenters. The van der Waals surface area contributed by atoms with E-state index in [1.165, 1.54) is 18.2 Å². The van der Waals surface area contributed by atoms with Crippen molar-refractivity contribution < 1.29 is 17.9 Å². The molecule has 0 aromatic heterocycles. The molecule has 3 aromatic rings. The van der Waals surface area contributed by atoms with Gasteiger partial charge in [-0.05, 0) is 42.5 Å². The van der Waals surface area contributed by atoms with Crippen LogP contribution in [0.1, 0.15) is 0 Å². The molecule has 3 rings (SSSR count). The Bertz CT molecular complexity index is 1150. The first kappa shape index (κ1) is 22.0. The normalized spacial score (nSPS) is 11.0. The highest BCUT2D eigenvalue weighted by atomic mass is 35.5. The number of carbonyl (C=O) groups excluding carboxylic acids is 1. The Morgan fingerprint density at radius 3 is 2.30 bits per heavy atom. The van der Waals surface area contributed by atoms with Gasteiger partial charge in [-0.1, -0.05) is 53.5 Å². The molecule has 0 aliphatic carbocycles. The molecule has 0 unspecified atom stereocenters. The van der Waals surface area contributed by atoms with Crippen molar-refractivity contribution in [1.29, 1.82) is 0 Å². The van der Waals surface area contributed by atoms with E-state index in [9.17, 15) is 13.2 Å². The molecule has 3 aromatic carbocycles. The number of sulfonamides is 1. The number of nitrogens with zero attached hydrogens (tertiary/aromatic N) is 1. The Morgan fingerprint density at radius 2 is 1.63 bits per heavy atom. The van der Waals surface area contributed by atoms with Crippen molar-refractivity contribution in [2.24, 2.45) is 0 Å². The van der Waals surface area contributed by atoms with Gasteiger partial charge in [0.2, 0.25) is 15.9 Å². The summed E-state index contributed by atoms with van der Waals surface area (Å²) < 4.78 is 31.3. The zero-order chi connectivity index (χ0) is 21.7. The molecule has 9 heteroatoms. The first-order chi connectivity index (χ1) is 14.2. The van der Waals surface area contributed by atoms with Gasteiger partial charge in [-0.15, -0.1) is 0 Å². The molecular formula is C21H18Cl2N2O4S. The summed E-state index contributed by atoms with van der Waals surface area (Å²) in [5.74, 6) is 0.487. The fourth-order valence-corrected chi connectivity index (χ4v) is 3.78. The monoisotopic (exact) mass is 464 g/mol. The van der Waals surface area contributed by atoms with Crippen LogP contribution < -0.4 is 14.4 Å². The van der Waals surface area contributed by atoms with Gasteiger partial charge in [-0.25, -0.2) is 8.42 Å². The fraction of sp³-hybridized carbons (Fsp3) is 0.0952. The van der Waals surface area contributed by atoms with Crippen LogP contribution in [0.3, 0.4) is 0 Å². The molecule has 0 aliphatic heterocycles.